The van der Waals surface area contributed by atoms with E-state index in [2.05, 4.69) is 10.6 Å². The van der Waals surface area contributed by atoms with Crippen molar-refractivity contribution in [1.29, 1.82) is 0 Å². The van der Waals surface area contributed by atoms with Crippen molar-refractivity contribution in [3.8, 4) is 0 Å². The molecule has 2 atom stereocenters. The van der Waals surface area contributed by atoms with E-state index >= 15 is 0 Å². The zero-order valence-corrected chi connectivity index (χ0v) is 8.74. The third kappa shape index (κ3) is 8.40. The predicted molar refractivity (Wildman–Crippen MR) is 55.1 cm³/mol. The Morgan fingerprint density at radius 3 is 2.14 bits per heavy atom. The second-order valence-corrected chi connectivity index (χ2v) is 3.30. The first-order chi connectivity index (χ1) is 6.70. The minimum absolute atomic E-state index is 0.0781. The second kappa shape index (κ2) is 9.36. The van der Waals surface area contributed by atoms with Gasteiger partial charge < -0.3 is 26.0 Å². The summed E-state index contributed by atoms with van der Waals surface area (Å²) < 4.78 is 0. The molecule has 86 valence electrons. The number of rotatable bonds is 9. The van der Waals surface area contributed by atoms with Crippen molar-refractivity contribution < 1.29 is 15.3 Å². The van der Waals surface area contributed by atoms with Gasteiger partial charge in [0.05, 0.1) is 18.8 Å². The van der Waals surface area contributed by atoms with Crippen molar-refractivity contribution in [2.24, 2.45) is 0 Å². The zero-order valence-electron chi connectivity index (χ0n) is 8.74. The standard InChI is InChI=1S/C9H22N2O3/c1-2-8(13)5-11-7-9(14)6-10-3-4-12/h8-14H,2-7H2,1H3. The molecule has 0 saturated heterocycles. The van der Waals surface area contributed by atoms with Crippen LogP contribution in [-0.4, -0.2) is 60.3 Å². The molecule has 5 nitrogen and oxygen atoms in total. The molecule has 0 aromatic carbocycles. The van der Waals surface area contributed by atoms with Crippen LogP contribution >= 0.6 is 0 Å². The van der Waals surface area contributed by atoms with E-state index < -0.39 is 6.10 Å². The minimum atomic E-state index is -0.481. The summed E-state index contributed by atoms with van der Waals surface area (Å²) in [6, 6.07) is 0. The van der Waals surface area contributed by atoms with Gasteiger partial charge in [-0.3, -0.25) is 0 Å². The van der Waals surface area contributed by atoms with Crippen LogP contribution in [0.3, 0.4) is 0 Å². The van der Waals surface area contributed by atoms with E-state index in [4.69, 9.17) is 5.11 Å². The summed E-state index contributed by atoms with van der Waals surface area (Å²) in [5.41, 5.74) is 0. The van der Waals surface area contributed by atoms with Crippen molar-refractivity contribution >= 4 is 0 Å². The van der Waals surface area contributed by atoms with Gasteiger partial charge in [-0.1, -0.05) is 6.92 Å². The number of aliphatic hydroxyl groups excluding tert-OH is 3. The van der Waals surface area contributed by atoms with E-state index in [9.17, 15) is 10.2 Å². The second-order valence-electron chi connectivity index (χ2n) is 3.30. The summed E-state index contributed by atoms with van der Waals surface area (Å²) in [6.07, 6.45) is -0.107. The highest BCUT2D eigenvalue weighted by Crippen LogP contribution is 1.86. The fourth-order valence-electron chi connectivity index (χ4n) is 0.981. The van der Waals surface area contributed by atoms with Crippen molar-refractivity contribution in [3.63, 3.8) is 0 Å². The Kier molecular flexibility index (Phi) is 9.23. The maximum absolute atomic E-state index is 9.37. The summed E-state index contributed by atoms with van der Waals surface area (Å²) in [7, 11) is 0. The van der Waals surface area contributed by atoms with E-state index in [1.165, 1.54) is 0 Å². The molecule has 0 spiro atoms. The molecule has 5 heteroatoms. The van der Waals surface area contributed by atoms with Gasteiger partial charge in [-0.05, 0) is 6.42 Å². The van der Waals surface area contributed by atoms with E-state index in [1.54, 1.807) is 0 Å². The SMILES string of the molecule is CCC(O)CNCC(O)CNCCO. The van der Waals surface area contributed by atoms with Gasteiger partial charge in [-0.15, -0.1) is 0 Å². The molecule has 0 bridgehead atoms. The van der Waals surface area contributed by atoms with Crippen LogP contribution < -0.4 is 10.6 Å². The quantitative estimate of drug-likeness (QED) is 0.290. The minimum Gasteiger partial charge on any atom is -0.395 e. The van der Waals surface area contributed by atoms with Crippen LogP contribution in [0, 0.1) is 0 Å². The maximum Gasteiger partial charge on any atom is 0.0788 e. The molecule has 0 radical (unpaired) electrons. The molecule has 0 amide bonds. The summed E-state index contributed by atoms with van der Waals surface area (Å²) in [6.45, 7) is 3.90. The largest absolute Gasteiger partial charge is 0.395 e. The Labute approximate surface area is 85.1 Å². The Hall–Kier alpha value is -0.200. The Morgan fingerprint density at radius 2 is 1.57 bits per heavy atom. The van der Waals surface area contributed by atoms with Gasteiger partial charge in [0, 0.05) is 26.2 Å². The summed E-state index contributed by atoms with van der Waals surface area (Å²) >= 11 is 0. The van der Waals surface area contributed by atoms with E-state index in [1.807, 2.05) is 6.92 Å². The molecule has 5 N–H and O–H groups in total. The lowest BCUT2D eigenvalue weighted by Crippen LogP contribution is -2.38. The van der Waals surface area contributed by atoms with Crippen molar-refractivity contribution in [2.45, 2.75) is 25.6 Å². The number of nitrogens with one attached hydrogen (secondary N) is 2. The third-order valence-corrected chi connectivity index (χ3v) is 1.90. The Bertz CT molecular complexity index is 125. The third-order valence-electron chi connectivity index (χ3n) is 1.90. The van der Waals surface area contributed by atoms with Gasteiger partial charge in [0.15, 0.2) is 0 Å². The van der Waals surface area contributed by atoms with Crippen LogP contribution in [0.5, 0.6) is 0 Å². The first kappa shape index (κ1) is 13.8. The molecule has 0 aromatic heterocycles. The normalized spacial score (nSPS) is 15.4. The highest BCUT2D eigenvalue weighted by Gasteiger charge is 2.04. The molecule has 0 aliphatic heterocycles. The van der Waals surface area contributed by atoms with Gasteiger partial charge in [0.2, 0.25) is 0 Å². The summed E-state index contributed by atoms with van der Waals surface area (Å²) in [5, 5.41) is 32.9. The molecule has 2 unspecified atom stereocenters. The fourth-order valence-corrected chi connectivity index (χ4v) is 0.981. The zero-order chi connectivity index (χ0) is 10.8. The van der Waals surface area contributed by atoms with Gasteiger partial charge in [-0.2, -0.15) is 0 Å². The van der Waals surface area contributed by atoms with Crippen LogP contribution in [0.4, 0.5) is 0 Å². The molecular weight excluding hydrogens is 184 g/mol. The molecular formula is C9H22N2O3. The molecule has 0 heterocycles. The van der Waals surface area contributed by atoms with Gasteiger partial charge in [-0.25, -0.2) is 0 Å². The highest BCUT2D eigenvalue weighted by atomic mass is 16.3. The van der Waals surface area contributed by atoms with E-state index in [-0.39, 0.29) is 12.7 Å². The first-order valence-electron chi connectivity index (χ1n) is 5.09. The van der Waals surface area contributed by atoms with Crippen LogP contribution in [0.25, 0.3) is 0 Å². The van der Waals surface area contributed by atoms with Crippen molar-refractivity contribution in [2.75, 3.05) is 32.8 Å². The van der Waals surface area contributed by atoms with Gasteiger partial charge in [0.25, 0.3) is 0 Å². The van der Waals surface area contributed by atoms with Crippen molar-refractivity contribution in [3.05, 3.63) is 0 Å². The molecule has 14 heavy (non-hydrogen) atoms. The predicted octanol–water partition coefficient (Wildman–Crippen LogP) is -1.71. The van der Waals surface area contributed by atoms with E-state index in [0.29, 0.717) is 32.6 Å². The highest BCUT2D eigenvalue weighted by molar-refractivity contribution is 4.64. The summed E-state index contributed by atoms with van der Waals surface area (Å²) in [5.74, 6) is 0. The maximum atomic E-state index is 9.37. The van der Waals surface area contributed by atoms with Gasteiger partial charge in [0.1, 0.15) is 0 Å². The van der Waals surface area contributed by atoms with E-state index in [0.717, 1.165) is 0 Å². The van der Waals surface area contributed by atoms with Crippen LogP contribution in [0.1, 0.15) is 13.3 Å². The van der Waals surface area contributed by atoms with Crippen LogP contribution in [0.2, 0.25) is 0 Å². The Balaban J connectivity index is 3.21. The molecule has 0 aliphatic carbocycles. The lowest BCUT2D eigenvalue weighted by molar-refractivity contribution is 0.141. The van der Waals surface area contributed by atoms with Crippen LogP contribution in [-0.2, 0) is 0 Å². The monoisotopic (exact) mass is 206 g/mol. The average molecular weight is 206 g/mol. The average Bonchev–Trinajstić information content (AvgIpc) is 2.18. The lowest BCUT2D eigenvalue weighted by Gasteiger charge is -2.14. The molecule has 0 rings (SSSR count). The van der Waals surface area contributed by atoms with Gasteiger partial charge >= 0.3 is 0 Å². The first-order valence-corrected chi connectivity index (χ1v) is 5.09. The number of hydrogen-bond donors (Lipinski definition) is 5. The fraction of sp³-hybridized carbons (Fsp3) is 1.00. The molecule has 0 aromatic rings. The molecule has 0 saturated carbocycles. The smallest absolute Gasteiger partial charge is 0.0788 e. The molecule has 0 fully saturated rings. The number of hydrogen-bond acceptors (Lipinski definition) is 5. The number of aliphatic hydroxyl groups is 3. The van der Waals surface area contributed by atoms with Crippen molar-refractivity contribution in [1.82, 2.24) is 10.6 Å². The Morgan fingerprint density at radius 1 is 1.00 bits per heavy atom. The molecule has 0 aliphatic rings. The summed E-state index contributed by atoms with van der Waals surface area (Å²) in [4.78, 5) is 0. The van der Waals surface area contributed by atoms with Crippen LogP contribution in [0.15, 0.2) is 0 Å². The lowest BCUT2D eigenvalue weighted by atomic mass is 10.2. The topological polar surface area (TPSA) is 84.8 Å².